The van der Waals surface area contributed by atoms with E-state index in [-0.39, 0.29) is 5.91 Å². The van der Waals surface area contributed by atoms with Crippen LogP contribution in [0.1, 0.15) is 24.0 Å². The van der Waals surface area contributed by atoms with E-state index in [0.29, 0.717) is 11.8 Å². The van der Waals surface area contributed by atoms with Crippen molar-refractivity contribution in [2.75, 3.05) is 25.9 Å². The summed E-state index contributed by atoms with van der Waals surface area (Å²) in [5.41, 5.74) is 2.58. The molecule has 1 amide bonds. The Labute approximate surface area is 126 Å². The highest BCUT2D eigenvalue weighted by Crippen LogP contribution is 2.16. The predicted octanol–water partition coefficient (Wildman–Crippen LogP) is 2.44. The van der Waals surface area contributed by atoms with E-state index in [2.05, 4.69) is 36.5 Å². The smallest absolute Gasteiger partial charge is 0.232 e. The quantitative estimate of drug-likeness (QED) is 0.904. The first kappa shape index (κ1) is 15.4. The van der Waals surface area contributed by atoms with E-state index in [1.54, 1.807) is 11.8 Å². The van der Waals surface area contributed by atoms with Crippen molar-refractivity contribution >= 4 is 17.7 Å². The van der Waals surface area contributed by atoms with Crippen LogP contribution in [0.3, 0.4) is 0 Å². The number of nitrogens with one attached hydrogen (secondary N) is 1. The highest BCUT2D eigenvalue weighted by Gasteiger charge is 2.21. The van der Waals surface area contributed by atoms with Crippen molar-refractivity contribution in [1.29, 1.82) is 0 Å². The van der Waals surface area contributed by atoms with E-state index in [1.165, 1.54) is 11.1 Å². The molecule has 0 aliphatic carbocycles. The lowest BCUT2D eigenvalue weighted by Crippen LogP contribution is -2.44. The predicted molar refractivity (Wildman–Crippen MR) is 86.0 cm³/mol. The molecule has 1 N–H and O–H groups in total. The molecule has 1 saturated heterocycles. The number of carbonyl (C=O) groups is 1. The first-order valence-electron chi connectivity index (χ1n) is 7.27. The molecule has 0 atom stereocenters. The second-order valence-corrected chi connectivity index (χ2v) is 6.41. The molecule has 0 bridgehead atoms. The van der Waals surface area contributed by atoms with Gasteiger partial charge in [-0.3, -0.25) is 4.79 Å². The van der Waals surface area contributed by atoms with E-state index in [4.69, 9.17) is 0 Å². The number of benzene rings is 1. The van der Waals surface area contributed by atoms with Crippen LogP contribution in [0.2, 0.25) is 0 Å². The number of hydrogen-bond acceptors (Lipinski definition) is 3. The SMILES string of the molecule is CNC1CCN(C(=O)CSCc2cccc(C)c2)CC1. The summed E-state index contributed by atoms with van der Waals surface area (Å²) in [6.45, 7) is 3.90. The van der Waals surface area contributed by atoms with Gasteiger partial charge in [0.1, 0.15) is 0 Å². The van der Waals surface area contributed by atoms with Gasteiger partial charge in [0.25, 0.3) is 0 Å². The highest BCUT2D eigenvalue weighted by atomic mass is 32.2. The van der Waals surface area contributed by atoms with Gasteiger partial charge in [-0.25, -0.2) is 0 Å². The molecule has 0 aromatic heterocycles. The molecule has 1 aliphatic rings. The molecule has 4 heteroatoms. The molecule has 110 valence electrons. The third-order valence-corrected chi connectivity index (χ3v) is 4.82. The molecular weight excluding hydrogens is 268 g/mol. The van der Waals surface area contributed by atoms with E-state index < -0.39 is 0 Å². The maximum Gasteiger partial charge on any atom is 0.232 e. The van der Waals surface area contributed by atoms with Crippen LogP contribution in [-0.2, 0) is 10.5 Å². The van der Waals surface area contributed by atoms with Crippen molar-refractivity contribution in [3.8, 4) is 0 Å². The van der Waals surface area contributed by atoms with Gasteiger partial charge >= 0.3 is 0 Å². The van der Waals surface area contributed by atoms with Crippen LogP contribution in [0, 0.1) is 6.92 Å². The second kappa shape index (κ2) is 7.70. The fourth-order valence-electron chi connectivity index (χ4n) is 2.57. The summed E-state index contributed by atoms with van der Waals surface area (Å²) in [4.78, 5) is 14.1. The van der Waals surface area contributed by atoms with Crippen LogP contribution >= 0.6 is 11.8 Å². The molecule has 1 aromatic carbocycles. The third kappa shape index (κ3) is 4.53. The normalized spacial score (nSPS) is 16.4. The molecular formula is C16H24N2OS. The van der Waals surface area contributed by atoms with E-state index in [1.807, 2.05) is 11.9 Å². The maximum absolute atomic E-state index is 12.1. The molecule has 1 heterocycles. The van der Waals surface area contributed by atoms with Gasteiger partial charge < -0.3 is 10.2 Å². The Bertz CT molecular complexity index is 442. The monoisotopic (exact) mass is 292 g/mol. The molecule has 1 fully saturated rings. The largest absolute Gasteiger partial charge is 0.342 e. The Kier molecular flexibility index (Phi) is 5.92. The van der Waals surface area contributed by atoms with E-state index >= 15 is 0 Å². The van der Waals surface area contributed by atoms with Gasteiger partial charge in [-0.1, -0.05) is 29.8 Å². The number of piperidine rings is 1. The molecule has 0 radical (unpaired) electrons. The van der Waals surface area contributed by atoms with Gasteiger partial charge in [-0.15, -0.1) is 11.8 Å². The van der Waals surface area contributed by atoms with Gasteiger partial charge in [0, 0.05) is 24.9 Å². The summed E-state index contributed by atoms with van der Waals surface area (Å²) in [6, 6.07) is 9.08. The van der Waals surface area contributed by atoms with Crippen LogP contribution in [0.4, 0.5) is 0 Å². The van der Waals surface area contributed by atoms with Gasteiger partial charge in [0.2, 0.25) is 5.91 Å². The molecule has 0 saturated carbocycles. The van der Waals surface area contributed by atoms with Crippen molar-refractivity contribution < 1.29 is 4.79 Å². The number of amides is 1. The lowest BCUT2D eigenvalue weighted by molar-refractivity contribution is -0.129. The molecule has 3 nitrogen and oxygen atoms in total. The summed E-state index contributed by atoms with van der Waals surface area (Å²) in [5, 5.41) is 3.29. The van der Waals surface area contributed by atoms with Gasteiger partial charge in [-0.05, 0) is 32.4 Å². The minimum absolute atomic E-state index is 0.289. The molecule has 0 unspecified atom stereocenters. The van der Waals surface area contributed by atoms with Gasteiger partial charge in [0.05, 0.1) is 5.75 Å². The van der Waals surface area contributed by atoms with Crippen molar-refractivity contribution in [2.24, 2.45) is 0 Å². The average Bonchev–Trinajstić information content (AvgIpc) is 2.47. The Hall–Kier alpha value is -1.00. The summed E-state index contributed by atoms with van der Waals surface area (Å²) >= 11 is 1.72. The van der Waals surface area contributed by atoms with Gasteiger partial charge in [-0.2, -0.15) is 0 Å². The lowest BCUT2D eigenvalue weighted by Gasteiger charge is -2.31. The van der Waals surface area contributed by atoms with Crippen molar-refractivity contribution in [1.82, 2.24) is 10.2 Å². The first-order valence-corrected chi connectivity index (χ1v) is 8.43. The number of aryl methyl sites for hydroxylation is 1. The van der Waals surface area contributed by atoms with Crippen LogP contribution in [0.25, 0.3) is 0 Å². The van der Waals surface area contributed by atoms with Crippen LogP contribution in [0.5, 0.6) is 0 Å². The van der Waals surface area contributed by atoms with Crippen LogP contribution in [-0.4, -0.2) is 42.7 Å². The molecule has 2 rings (SSSR count). The fourth-order valence-corrected chi connectivity index (χ4v) is 3.44. The lowest BCUT2D eigenvalue weighted by atomic mass is 10.1. The standard InChI is InChI=1S/C16H24N2OS/c1-13-4-3-5-14(10-13)11-20-12-16(19)18-8-6-15(17-2)7-9-18/h3-5,10,15,17H,6-9,11-12H2,1-2H3. The summed E-state index contributed by atoms with van der Waals surface area (Å²) < 4.78 is 0. The maximum atomic E-state index is 12.1. The Morgan fingerprint density at radius 1 is 1.40 bits per heavy atom. The Morgan fingerprint density at radius 3 is 2.80 bits per heavy atom. The van der Waals surface area contributed by atoms with Crippen LogP contribution < -0.4 is 5.32 Å². The van der Waals surface area contributed by atoms with E-state index in [9.17, 15) is 4.79 Å². The molecule has 20 heavy (non-hydrogen) atoms. The third-order valence-electron chi connectivity index (χ3n) is 3.83. The summed E-state index contributed by atoms with van der Waals surface area (Å²) in [6.07, 6.45) is 2.15. The zero-order chi connectivity index (χ0) is 14.4. The number of likely N-dealkylation sites (tertiary alicyclic amines) is 1. The highest BCUT2D eigenvalue weighted by molar-refractivity contribution is 7.99. The summed E-state index contributed by atoms with van der Waals surface area (Å²) in [7, 11) is 2.00. The molecule has 1 aliphatic heterocycles. The number of carbonyl (C=O) groups excluding carboxylic acids is 1. The van der Waals surface area contributed by atoms with Crippen LogP contribution in [0.15, 0.2) is 24.3 Å². The topological polar surface area (TPSA) is 32.3 Å². The number of nitrogens with zero attached hydrogens (tertiary/aromatic N) is 1. The summed E-state index contributed by atoms with van der Waals surface area (Å²) in [5.74, 6) is 1.80. The number of thioether (sulfide) groups is 1. The van der Waals surface area contributed by atoms with Gasteiger partial charge in [0.15, 0.2) is 0 Å². The van der Waals surface area contributed by atoms with Crippen molar-refractivity contribution in [3.05, 3.63) is 35.4 Å². The number of rotatable bonds is 5. The minimum atomic E-state index is 0.289. The van der Waals surface area contributed by atoms with Crippen molar-refractivity contribution in [2.45, 2.75) is 31.6 Å². The molecule has 1 aromatic rings. The molecule has 0 spiro atoms. The fraction of sp³-hybridized carbons (Fsp3) is 0.562. The minimum Gasteiger partial charge on any atom is -0.342 e. The average molecular weight is 292 g/mol. The zero-order valence-corrected chi connectivity index (χ0v) is 13.2. The zero-order valence-electron chi connectivity index (χ0n) is 12.4. The van der Waals surface area contributed by atoms with Crippen molar-refractivity contribution in [3.63, 3.8) is 0 Å². The Morgan fingerprint density at radius 2 is 2.15 bits per heavy atom. The second-order valence-electron chi connectivity index (χ2n) is 5.43. The first-order chi connectivity index (χ1) is 9.69. The Balaban J connectivity index is 1.70. The number of hydrogen-bond donors (Lipinski definition) is 1. The van der Waals surface area contributed by atoms with E-state index in [0.717, 1.165) is 31.7 Å².